The Balaban J connectivity index is 1.19. The first-order valence-electron chi connectivity index (χ1n) is 25.6. The molecule has 3 saturated heterocycles. The Kier molecular flexibility index (Phi) is 15.8. The number of nitrogens with one attached hydrogen (secondary N) is 2. The summed E-state index contributed by atoms with van der Waals surface area (Å²) < 4.78 is 14.6. The number of rotatable bonds is 9. The standard InChI is InChI=1S/C53H77N11O6S/c1-13-62-44-17-16-36-23-38(44)40(48(62)39-24-37(27-54-46(39)35(6)69-12)61-21-19-58(9)20-22-61)26-53(7,8)31-70-51(67)41-15-14-18-64(57-41)50(66)42(25-45-55-43(36)30-71-45)56-49(65)47(32(2)3)60(11)52(68)63-29-33(4)59(10)28-34(63)5/h16-17,23-24,27,30,32-35,41-42,47,57H,13-15,18-22,25-26,28-29,31H2,1-12H3,(H,56,65)/t33-,34-,35+,41+,42+,47+/m1/s1. The number of aromatic nitrogens is 3. The summed E-state index contributed by atoms with van der Waals surface area (Å²) in [6, 6.07) is 5.99. The topological polar surface area (TPSA) is 161 Å². The van der Waals surface area contributed by atoms with Gasteiger partial charge in [0.25, 0.3) is 5.91 Å². The average molecular weight is 996 g/mol. The number of benzene rings is 1. The molecule has 4 aliphatic rings. The van der Waals surface area contributed by atoms with E-state index in [1.165, 1.54) is 21.2 Å². The molecular formula is C53H77N11O6S. The molecule has 2 N–H and O–H groups in total. The van der Waals surface area contributed by atoms with Crippen LogP contribution in [0.4, 0.5) is 10.5 Å². The smallest absolute Gasteiger partial charge is 0.324 e. The lowest BCUT2D eigenvalue weighted by Gasteiger charge is -2.45. The number of amides is 4. The zero-order valence-corrected chi connectivity index (χ0v) is 44.9. The molecule has 0 aliphatic carbocycles. The molecule has 17 nitrogen and oxygen atoms in total. The molecule has 6 atom stereocenters. The molecule has 71 heavy (non-hydrogen) atoms. The number of thiazole rings is 1. The molecule has 4 amide bonds. The number of cyclic esters (lactones) is 1. The number of aryl methyl sites for hydroxylation is 1. The number of hydrogen-bond acceptors (Lipinski definition) is 13. The van der Waals surface area contributed by atoms with Crippen molar-refractivity contribution in [2.24, 2.45) is 11.3 Å². The maximum atomic E-state index is 14.8. The minimum atomic E-state index is -1.05. The average Bonchev–Trinajstić information content (AvgIpc) is 3.94. The number of carbonyl (C=O) groups excluding carboxylic acids is 4. The van der Waals surface area contributed by atoms with Crippen molar-refractivity contribution in [3.63, 3.8) is 0 Å². The number of pyridine rings is 1. The number of anilines is 1. The van der Waals surface area contributed by atoms with E-state index in [-0.39, 0.29) is 49.1 Å². The molecule has 0 saturated carbocycles. The van der Waals surface area contributed by atoms with Crippen LogP contribution in [0.5, 0.6) is 0 Å². The monoisotopic (exact) mass is 996 g/mol. The highest BCUT2D eigenvalue weighted by molar-refractivity contribution is 7.10. The third kappa shape index (κ3) is 11.0. The molecule has 0 unspecified atom stereocenters. The van der Waals surface area contributed by atoms with Crippen LogP contribution in [0.1, 0.15) is 90.6 Å². The molecule has 3 fully saturated rings. The van der Waals surface area contributed by atoms with E-state index < -0.39 is 35.4 Å². The Morgan fingerprint density at radius 3 is 2.49 bits per heavy atom. The number of fused-ring (bicyclic) bond motifs is 6. The first-order valence-corrected chi connectivity index (χ1v) is 26.5. The van der Waals surface area contributed by atoms with Crippen molar-refractivity contribution >= 4 is 51.7 Å². The minimum Gasteiger partial charge on any atom is -0.464 e. The SMILES string of the molecule is CCn1c(-c2cc(N3CCN(C)CC3)cnc2[C@H](C)OC)c2c3cc(ccc31)-c1csc(n1)C[C@H](NC(=O)[C@H](C(C)C)N(C)C(=O)N1C[C@@H](C)N(C)C[C@H]1C)C(=O)N1CCC[C@H](N1)C(=O)OCC(C)(C)C2. The van der Waals surface area contributed by atoms with Gasteiger partial charge in [0.15, 0.2) is 0 Å². The fraction of sp³-hybridized carbons (Fsp3) is 0.623. The van der Waals surface area contributed by atoms with Gasteiger partial charge in [0.05, 0.1) is 46.7 Å². The van der Waals surface area contributed by atoms with E-state index in [1.807, 2.05) is 44.2 Å². The molecule has 7 heterocycles. The molecule has 1 aromatic carbocycles. The summed E-state index contributed by atoms with van der Waals surface area (Å²) in [5.74, 6) is -1.52. The second-order valence-corrected chi connectivity index (χ2v) is 22.6. The van der Waals surface area contributed by atoms with E-state index in [9.17, 15) is 19.2 Å². The molecule has 386 valence electrons. The fourth-order valence-electron chi connectivity index (χ4n) is 10.9. The van der Waals surface area contributed by atoms with Gasteiger partial charge in [0.1, 0.15) is 18.1 Å². The Hall–Kier alpha value is -5.14. The van der Waals surface area contributed by atoms with E-state index in [4.69, 9.17) is 19.4 Å². The lowest BCUT2D eigenvalue weighted by Crippen LogP contribution is -2.64. The Labute approximate surface area is 424 Å². The van der Waals surface area contributed by atoms with Crippen LogP contribution in [0.25, 0.3) is 33.4 Å². The normalized spacial score (nSPS) is 23.6. The summed E-state index contributed by atoms with van der Waals surface area (Å²) in [6.07, 6.45) is 3.43. The van der Waals surface area contributed by atoms with Crippen molar-refractivity contribution in [3.05, 3.63) is 52.1 Å². The van der Waals surface area contributed by atoms with Crippen molar-refractivity contribution in [1.82, 2.24) is 49.9 Å². The number of piperazine rings is 2. The highest BCUT2D eigenvalue weighted by atomic mass is 32.1. The fourth-order valence-corrected chi connectivity index (χ4v) is 11.8. The van der Waals surface area contributed by atoms with Gasteiger partial charge in [-0.25, -0.2) is 15.2 Å². The molecule has 3 aromatic heterocycles. The van der Waals surface area contributed by atoms with Gasteiger partial charge in [-0.2, -0.15) is 0 Å². The second-order valence-electron chi connectivity index (χ2n) is 21.6. The minimum absolute atomic E-state index is 0.0413. The van der Waals surface area contributed by atoms with Gasteiger partial charge < -0.3 is 39.0 Å². The number of likely N-dealkylation sites (N-methyl/N-ethyl adjacent to an activating group) is 3. The molecule has 8 rings (SSSR count). The van der Waals surface area contributed by atoms with Crippen molar-refractivity contribution in [1.29, 1.82) is 0 Å². The number of hydrogen-bond donors (Lipinski definition) is 2. The maximum absolute atomic E-state index is 14.8. The van der Waals surface area contributed by atoms with Crippen LogP contribution in [0.3, 0.4) is 0 Å². The van der Waals surface area contributed by atoms with Crippen molar-refractivity contribution in [2.45, 2.75) is 124 Å². The number of ether oxygens (including phenoxy) is 2. The number of methoxy groups -OCH3 is 1. The van der Waals surface area contributed by atoms with Gasteiger partial charge in [0, 0.05) is 118 Å². The molecule has 18 heteroatoms. The van der Waals surface area contributed by atoms with Crippen LogP contribution < -0.4 is 15.6 Å². The maximum Gasteiger partial charge on any atom is 0.324 e. The first-order chi connectivity index (χ1) is 33.8. The Bertz CT molecular complexity index is 2590. The molecule has 4 aliphatic heterocycles. The molecule has 0 spiro atoms. The predicted octanol–water partition coefficient (Wildman–Crippen LogP) is 6.06. The summed E-state index contributed by atoms with van der Waals surface area (Å²) >= 11 is 1.44. The van der Waals surface area contributed by atoms with Gasteiger partial charge in [0.2, 0.25) is 5.91 Å². The number of esters is 1. The predicted molar refractivity (Wildman–Crippen MR) is 279 cm³/mol. The largest absolute Gasteiger partial charge is 0.464 e. The van der Waals surface area contributed by atoms with Crippen LogP contribution in [0.15, 0.2) is 35.8 Å². The van der Waals surface area contributed by atoms with Gasteiger partial charge in [-0.05, 0) is 90.7 Å². The summed E-state index contributed by atoms with van der Waals surface area (Å²) in [4.78, 5) is 78.3. The summed E-state index contributed by atoms with van der Waals surface area (Å²) in [5.41, 5.74) is 10.5. The van der Waals surface area contributed by atoms with E-state index in [2.05, 4.69) is 96.1 Å². The molecule has 4 aromatic rings. The Morgan fingerprint density at radius 1 is 1.04 bits per heavy atom. The number of nitrogens with zero attached hydrogens (tertiary/aromatic N) is 9. The zero-order valence-electron chi connectivity index (χ0n) is 44.1. The Morgan fingerprint density at radius 2 is 1.79 bits per heavy atom. The van der Waals surface area contributed by atoms with Crippen LogP contribution in [0.2, 0.25) is 0 Å². The number of carbonyl (C=O) groups is 4. The lowest BCUT2D eigenvalue weighted by molar-refractivity contribution is -0.155. The first kappa shape index (κ1) is 52.2. The van der Waals surface area contributed by atoms with Crippen molar-refractivity contribution in [3.8, 4) is 22.5 Å². The van der Waals surface area contributed by atoms with Gasteiger partial charge in [-0.15, -0.1) is 11.3 Å². The third-order valence-corrected chi connectivity index (χ3v) is 16.1. The second kappa shape index (κ2) is 21.5. The van der Waals surface area contributed by atoms with Gasteiger partial charge >= 0.3 is 12.0 Å². The van der Waals surface area contributed by atoms with Crippen LogP contribution >= 0.6 is 11.3 Å². The summed E-state index contributed by atoms with van der Waals surface area (Å²) in [6.45, 7) is 22.6. The van der Waals surface area contributed by atoms with E-state index in [1.54, 1.807) is 14.2 Å². The summed E-state index contributed by atoms with van der Waals surface area (Å²) in [5, 5.41) is 8.30. The lowest BCUT2D eigenvalue weighted by atomic mass is 9.84. The number of urea groups is 1. The molecule has 6 bridgehead atoms. The van der Waals surface area contributed by atoms with Crippen molar-refractivity contribution < 1.29 is 28.7 Å². The van der Waals surface area contributed by atoms with Crippen LogP contribution in [-0.2, 0) is 43.2 Å². The van der Waals surface area contributed by atoms with Gasteiger partial charge in [-0.1, -0.05) is 33.8 Å². The summed E-state index contributed by atoms with van der Waals surface area (Å²) in [7, 11) is 7.61. The van der Waals surface area contributed by atoms with E-state index >= 15 is 0 Å². The van der Waals surface area contributed by atoms with Crippen LogP contribution in [-0.4, -0.2) is 174 Å². The highest BCUT2D eigenvalue weighted by Crippen LogP contribution is 2.43. The highest BCUT2D eigenvalue weighted by Gasteiger charge is 2.40. The van der Waals surface area contributed by atoms with Crippen molar-refractivity contribution in [2.75, 3.05) is 85.6 Å². The van der Waals surface area contributed by atoms with E-state index in [0.717, 1.165) is 83.1 Å². The molecule has 0 radical (unpaired) electrons. The zero-order chi connectivity index (χ0) is 51.1. The quantitative estimate of drug-likeness (QED) is 0.187. The van der Waals surface area contributed by atoms with Crippen LogP contribution in [0, 0.1) is 11.3 Å². The van der Waals surface area contributed by atoms with Gasteiger partial charge in [-0.3, -0.25) is 29.3 Å². The number of hydrazine groups is 1. The van der Waals surface area contributed by atoms with E-state index in [0.29, 0.717) is 43.9 Å². The molecular weight excluding hydrogens is 919 g/mol. The third-order valence-electron chi connectivity index (χ3n) is 15.3.